The molecule has 0 aromatic heterocycles. The average molecular weight is 356 g/mol. The number of hydrogen-bond donors (Lipinski definition) is 2. The normalized spacial score (nSPS) is 10.4. The van der Waals surface area contributed by atoms with E-state index in [2.05, 4.69) is 5.32 Å². The number of nitrogens with one attached hydrogen (secondary N) is 1. The highest BCUT2D eigenvalue weighted by atomic mass is 35.5. The Morgan fingerprint density at radius 2 is 1.76 bits per heavy atom. The third kappa shape index (κ3) is 4.08. The Balaban J connectivity index is 1.61. The van der Waals surface area contributed by atoms with Crippen molar-refractivity contribution < 1.29 is 19.4 Å². The fraction of sp³-hybridized carbons (Fsp3) is 0.0526. The van der Waals surface area contributed by atoms with Gasteiger partial charge in [0.15, 0.2) is 6.61 Å². The second kappa shape index (κ2) is 7.23. The smallest absolute Gasteiger partial charge is 0.342 e. The molecule has 0 fully saturated rings. The van der Waals surface area contributed by atoms with E-state index in [9.17, 15) is 14.7 Å². The Labute approximate surface area is 148 Å². The summed E-state index contributed by atoms with van der Waals surface area (Å²) in [4.78, 5) is 23.9. The van der Waals surface area contributed by atoms with Crippen molar-refractivity contribution in [2.45, 2.75) is 0 Å². The molecule has 2 N–H and O–H groups in total. The lowest BCUT2D eigenvalue weighted by Crippen LogP contribution is -2.21. The summed E-state index contributed by atoms with van der Waals surface area (Å²) in [6.45, 7) is -0.465. The highest BCUT2D eigenvalue weighted by Crippen LogP contribution is 2.22. The summed E-state index contributed by atoms with van der Waals surface area (Å²) in [5, 5.41) is 14.7. The van der Waals surface area contributed by atoms with Gasteiger partial charge in [-0.2, -0.15) is 0 Å². The summed E-state index contributed by atoms with van der Waals surface area (Å²) in [5.74, 6) is -1.58. The van der Waals surface area contributed by atoms with E-state index in [0.717, 1.165) is 10.8 Å². The molecule has 126 valence electrons. The van der Waals surface area contributed by atoms with Gasteiger partial charge < -0.3 is 15.2 Å². The molecule has 0 aliphatic carbocycles. The summed E-state index contributed by atoms with van der Waals surface area (Å²) >= 11 is 5.70. The average Bonchev–Trinajstić information content (AvgIpc) is 2.59. The number of carbonyl (C=O) groups is 2. The van der Waals surface area contributed by atoms with Gasteiger partial charge in [-0.15, -0.1) is 0 Å². The molecule has 5 nitrogen and oxygen atoms in total. The molecule has 0 spiro atoms. The van der Waals surface area contributed by atoms with Crippen LogP contribution in [-0.2, 0) is 9.53 Å². The van der Waals surface area contributed by atoms with E-state index in [1.807, 2.05) is 36.4 Å². The van der Waals surface area contributed by atoms with Crippen LogP contribution in [0.25, 0.3) is 10.8 Å². The van der Waals surface area contributed by atoms with Crippen LogP contribution in [0.3, 0.4) is 0 Å². The lowest BCUT2D eigenvalue weighted by atomic mass is 10.1. The zero-order valence-corrected chi connectivity index (χ0v) is 13.8. The first kappa shape index (κ1) is 16.8. The summed E-state index contributed by atoms with van der Waals surface area (Å²) in [6, 6.07) is 17.3. The lowest BCUT2D eigenvalue weighted by Gasteiger charge is -2.08. The first-order valence-corrected chi connectivity index (χ1v) is 7.85. The van der Waals surface area contributed by atoms with Gasteiger partial charge in [-0.25, -0.2) is 4.79 Å². The minimum absolute atomic E-state index is 0.0529. The Bertz CT molecular complexity index is 955. The van der Waals surface area contributed by atoms with Crippen molar-refractivity contribution >= 4 is 39.9 Å². The molecular weight excluding hydrogens is 342 g/mol. The fourth-order valence-corrected chi connectivity index (χ4v) is 2.52. The molecule has 0 unspecified atom stereocenters. The molecule has 0 atom stereocenters. The van der Waals surface area contributed by atoms with Crippen molar-refractivity contribution in [1.29, 1.82) is 0 Å². The molecule has 3 rings (SSSR count). The van der Waals surface area contributed by atoms with Crippen LogP contribution in [0.15, 0.2) is 60.7 Å². The van der Waals surface area contributed by atoms with Crippen LogP contribution < -0.4 is 5.32 Å². The number of esters is 1. The molecule has 25 heavy (non-hydrogen) atoms. The minimum Gasteiger partial charge on any atom is -0.507 e. The van der Waals surface area contributed by atoms with E-state index in [1.54, 1.807) is 6.07 Å². The molecule has 0 saturated heterocycles. The van der Waals surface area contributed by atoms with Crippen molar-refractivity contribution in [3.8, 4) is 5.75 Å². The van der Waals surface area contributed by atoms with Gasteiger partial charge in [0.25, 0.3) is 5.91 Å². The minimum atomic E-state index is -0.803. The van der Waals surface area contributed by atoms with E-state index in [-0.39, 0.29) is 11.3 Å². The van der Waals surface area contributed by atoms with Crippen LogP contribution in [0.1, 0.15) is 10.4 Å². The number of ether oxygens (including phenoxy) is 1. The summed E-state index contributed by atoms with van der Waals surface area (Å²) < 4.78 is 4.92. The molecule has 3 aromatic rings. The molecule has 0 aliphatic rings. The molecule has 0 radical (unpaired) electrons. The topological polar surface area (TPSA) is 75.6 Å². The van der Waals surface area contributed by atoms with Gasteiger partial charge in [0, 0.05) is 10.7 Å². The number of rotatable bonds is 4. The molecule has 0 bridgehead atoms. The van der Waals surface area contributed by atoms with Gasteiger partial charge in [-0.3, -0.25) is 4.79 Å². The molecule has 0 aliphatic heterocycles. The maximum Gasteiger partial charge on any atom is 0.342 e. The second-order valence-corrected chi connectivity index (χ2v) is 5.78. The zero-order chi connectivity index (χ0) is 17.8. The number of halogens is 1. The highest BCUT2D eigenvalue weighted by Gasteiger charge is 2.14. The number of carbonyl (C=O) groups excluding carboxylic acids is 2. The van der Waals surface area contributed by atoms with Crippen LogP contribution in [0, 0.1) is 0 Å². The Kier molecular flexibility index (Phi) is 4.86. The van der Waals surface area contributed by atoms with Crippen molar-refractivity contribution in [1.82, 2.24) is 0 Å². The van der Waals surface area contributed by atoms with Crippen molar-refractivity contribution in [3.63, 3.8) is 0 Å². The van der Waals surface area contributed by atoms with E-state index in [0.29, 0.717) is 10.7 Å². The van der Waals surface area contributed by atoms with E-state index >= 15 is 0 Å². The first-order valence-electron chi connectivity index (χ1n) is 7.47. The van der Waals surface area contributed by atoms with Crippen LogP contribution in [0.5, 0.6) is 5.75 Å². The van der Waals surface area contributed by atoms with Gasteiger partial charge >= 0.3 is 5.97 Å². The van der Waals surface area contributed by atoms with Gasteiger partial charge in [0.1, 0.15) is 11.3 Å². The predicted octanol–water partition coefficient (Wildman–Crippen LogP) is 3.99. The Hall–Kier alpha value is -3.05. The standard InChI is InChI=1S/C19H14ClNO4/c20-14-6-8-16(17(22)10-14)19(24)25-11-18(23)21-15-7-5-12-3-1-2-4-13(12)9-15/h1-10,22H,11H2,(H,21,23). The van der Waals surface area contributed by atoms with Gasteiger partial charge in [0.05, 0.1) is 0 Å². The number of anilines is 1. The van der Waals surface area contributed by atoms with Crippen LogP contribution >= 0.6 is 11.6 Å². The summed E-state index contributed by atoms with van der Waals surface area (Å²) in [6.07, 6.45) is 0. The first-order chi connectivity index (χ1) is 12.0. The van der Waals surface area contributed by atoms with Gasteiger partial charge in [-0.1, -0.05) is 41.9 Å². The van der Waals surface area contributed by atoms with Crippen LogP contribution in [-0.4, -0.2) is 23.6 Å². The second-order valence-electron chi connectivity index (χ2n) is 5.35. The number of phenols is 1. The number of amides is 1. The van der Waals surface area contributed by atoms with Gasteiger partial charge in [-0.05, 0) is 41.1 Å². The molecule has 0 saturated carbocycles. The molecule has 1 amide bonds. The lowest BCUT2D eigenvalue weighted by molar-refractivity contribution is -0.119. The quantitative estimate of drug-likeness (QED) is 0.694. The van der Waals surface area contributed by atoms with Crippen molar-refractivity contribution in [2.24, 2.45) is 0 Å². The van der Waals surface area contributed by atoms with Gasteiger partial charge in [0.2, 0.25) is 0 Å². The number of fused-ring (bicyclic) bond motifs is 1. The third-order valence-corrected chi connectivity index (χ3v) is 3.78. The Morgan fingerprint density at radius 3 is 2.52 bits per heavy atom. The molecular formula is C19H14ClNO4. The zero-order valence-electron chi connectivity index (χ0n) is 13.0. The van der Waals surface area contributed by atoms with Crippen LogP contribution in [0.2, 0.25) is 5.02 Å². The van der Waals surface area contributed by atoms with Crippen molar-refractivity contribution in [2.75, 3.05) is 11.9 Å². The number of phenolic OH excluding ortho intramolecular Hbond substituents is 1. The number of hydrogen-bond acceptors (Lipinski definition) is 4. The maximum absolute atomic E-state index is 12.0. The Morgan fingerprint density at radius 1 is 1.00 bits per heavy atom. The van der Waals surface area contributed by atoms with Crippen LogP contribution in [0.4, 0.5) is 5.69 Å². The monoisotopic (exact) mass is 355 g/mol. The third-order valence-electron chi connectivity index (χ3n) is 3.55. The molecule has 3 aromatic carbocycles. The van der Waals surface area contributed by atoms with E-state index in [4.69, 9.17) is 16.3 Å². The molecule has 0 heterocycles. The molecule has 6 heteroatoms. The largest absolute Gasteiger partial charge is 0.507 e. The van der Waals surface area contributed by atoms with Crippen molar-refractivity contribution in [3.05, 3.63) is 71.2 Å². The number of aromatic hydroxyl groups is 1. The fourth-order valence-electron chi connectivity index (χ4n) is 2.35. The maximum atomic E-state index is 12.0. The summed E-state index contributed by atoms with van der Waals surface area (Å²) in [7, 11) is 0. The van der Waals surface area contributed by atoms with E-state index in [1.165, 1.54) is 18.2 Å². The highest BCUT2D eigenvalue weighted by molar-refractivity contribution is 6.30. The SMILES string of the molecule is O=C(COC(=O)c1ccc(Cl)cc1O)Nc1ccc2ccccc2c1. The predicted molar refractivity (Wildman–Crippen MR) is 96.0 cm³/mol. The summed E-state index contributed by atoms with van der Waals surface area (Å²) in [5.41, 5.74) is 0.553. The number of benzene rings is 3. The van der Waals surface area contributed by atoms with E-state index < -0.39 is 18.5 Å².